The Bertz CT molecular complexity index is 664. The molecule has 0 unspecified atom stereocenters. The van der Waals surface area contributed by atoms with Crippen LogP contribution >= 0.6 is 0 Å². The van der Waals surface area contributed by atoms with E-state index < -0.39 is 10.0 Å². The van der Waals surface area contributed by atoms with Crippen LogP contribution in [0.4, 0.5) is 5.69 Å². The van der Waals surface area contributed by atoms with Gasteiger partial charge in [-0.1, -0.05) is 5.16 Å². The van der Waals surface area contributed by atoms with Gasteiger partial charge in [0, 0.05) is 12.6 Å². The molecule has 0 fully saturated rings. The van der Waals surface area contributed by atoms with Crippen LogP contribution in [0, 0.1) is 0 Å². The normalized spacial score (nSPS) is 11.5. The molecule has 7 nitrogen and oxygen atoms in total. The number of aromatic nitrogens is 2. The highest BCUT2D eigenvalue weighted by molar-refractivity contribution is 7.92. The maximum atomic E-state index is 11.4. The minimum Gasteiger partial charge on any atom is -0.338 e. The third-order valence-corrected chi connectivity index (χ3v) is 3.84. The summed E-state index contributed by atoms with van der Waals surface area (Å²) in [5, 5.41) is 3.78. The van der Waals surface area contributed by atoms with Crippen LogP contribution in [0.2, 0.25) is 0 Å². The lowest BCUT2D eigenvalue weighted by Crippen LogP contribution is -2.24. The highest BCUT2D eigenvalue weighted by atomic mass is 32.2. The van der Waals surface area contributed by atoms with Gasteiger partial charge in [0.05, 0.1) is 18.5 Å². The number of rotatable bonds is 4. The van der Waals surface area contributed by atoms with Crippen molar-refractivity contribution in [2.45, 2.75) is 6.54 Å². The number of hydrogen-bond acceptors (Lipinski definition) is 6. The fourth-order valence-corrected chi connectivity index (χ4v) is 1.97. The van der Waals surface area contributed by atoms with Crippen molar-refractivity contribution in [1.82, 2.24) is 10.1 Å². The molecule has 1 aromatic carbocycles. The van der Waals surface area contributed by atoms with Gasteiger partial charge in [0.15, 0.2) is 0 Å². The van der Waals surface area contributed by atoms with Crippen molar-refractivity contribution in [2.75, 3.05) is 17.6 Å². The van der Waals surface area contributed by atoms with Crippen molar-refractivity contribution in [3.8, 4) is 11.4 Å². The van der Waals surface area contributed by atoms with Crippen LogP contribution in [0.15, 0.2) is 28.8 Å². The van der Waals surface area contributed by atoms with Crippen molar-refractivity contribution in [3.63, 3.8) is 0 Å². The largest absolute Gasteiger partial charge is 0.338 e. The van der Waals surface area contributed by atoms with E-state index in [4.69, 9.17) is 10.3 Å². The minimum absolute atomic E-state index is 0.182. The molecule has 0 aliphatic rings. The first-order valence-electron chi connectivity index (χ1n) is 5.49. The molecule has 8 heteroatoms. The third-order valence-electron chi connectivity index (χ3n) is 2.63. The molecule has 0 bridgehead atoms. The molecule has 102 valence electrons. The first kappa shape index (κ1) is 13.5. The molecule has 0 atom stereocenters. The number of nitrogens with two attached hydrogens (primary N) is 1. The summed E-state index contributed by atoms with van der Waals surface area (Å²) in [5.41, 5.74) is 6.68. The lowest BCUT2D eigenvalue weighted by molar-refractivity contribution is 0.380. The summed E-state index contributed by atoms with van der Waals surface area (Å²) in [4.78, 5) is 4.09. The van der Waals surface area contributed by atoms with Crippen LogP contribution in [-0.4, -0.2) is 31.9 Å². The van der Waals surface area contributed by atoms with E-state index in [2.05, 4.69) is 10.1 Å². The Balaban J connectivity index is 2.28. The maximum absolute atomic E-state index is 11.4. The van der Waals surface area contributed by atoms with Gasteiger partial charge < -0.3 is 10.3 Å². The molecule has 0 saturated heterocycles. The van der Waals surface area contributed by atoms with Crippen molar-refractivity contribution in [1.29, 1.82) is 0 Å². The van der Waals surface area contributed by atoms with E-state index in [-0.39, 0.29) is 6.54 Å². The van der Waals surface area contributed by atoms with Crippen LogP contribution in [0.5, 0.6) is 0 Å². The molecule has 2 N–H and O–H groups in total. The minimum atomic E-state index is -3.27. The lowest BCUT2D eigenvalue weighted by Gasteiger charge is -2.16. The summed E-state index contributed by atoms with van der Waals surface area (Å²) in [5.74, 6) is 0.779. The topological polar surface area (TPSA) is 102 Å². The van der Waals surface area contributed by atoms with Gasteiger partial charge in [-0.2, -0.15) is 4.98 Å². The Hall–Kier alpha value is -1.93. The molecule has 2 aromatic rings. The van der Waals surface area contributed by atoms with Crippen LogP contribution in [0.3, 0.4) is 0 Å². The van der Waals surface area contributed by atoms with Gasteiger partial charge in [-0.05, 0) is 24.3 Å². The van der Waals surface area contributed by atoms with E-state index in [0.29, 0.717) is 17.4 Å². The van der Waals surface area contributed by atoms with E-state index in [1.54, 1.807) is 24.3 Å². The quantitative estimate of drug-likeness (QED) is 0.880. The standard InChI is InChI=1S/C11H14N4O3S/c1-15(19(2,16)17)9-5-3-8(4-6-9)11-13-10(7-12)18-14-11/h3-6H,7,12H2,1-2H3. The van der Waals surface area contributed by atoms with Crippen molar-refractivity contribution in [2.24, 2.45) is 5.73 Å². The SMILES string of the molecule is CN(c1ccc(-c2noc(CN)n2)cc1)S(C)(=O)=O. The maximum Gasteiger partial charge on any atom is 0.240 e. The Morgan fingerprint density at radius 1 is 1.32 bits per heavy atom. The molecule has 1 aromatic heterocycles. The number of anilines is 1. The Kier molecular flexibility index (Phi) is 3.54. The highest BCUT2D eigenvalue weighted by Gasteiger charge is 2.13. The van der Waals surface area contributed by atoms with Crippen LogP contribution in [-0.2, 0) is 16.6 Å². The number of nitrogens with zero attached hydrogens (tertiary/aromatic N) is 3. The number of sulfonamides is 1. The van der Waals surface area contributed by atoms with E-state index in [9.17, 15) is 8.42 Å². The molecule has 0 amide bonds. The van der Waals surface area contributed by atoms with Crippen LogP contribution in [0.25, 0.3) is 11.4 Å². The van der Waals surface area contributed by atoms with E-state index in [0.717, 1.165) is 11.8 Å². The van der Waals surface area contributed by atoms with Crippen LogP contribution < -0.4 is 10.0 Å². The average Bonchev–Trinajstić information content (AvgIpc) is 2.86. The zero-order chi connectivity index (χ0) is 14.0. The second-order valence-corrected chi connectivity index (χ2v) is 6.01. The highest BCUT2D eigenvalue weighted by Crippen LogP contribution is 2.21. The van der Waals surface area contributed by atoms with E-state index >= 15 is 0 Å². The second kappa shape index (κ2) is 4.98. The van der Waals surface area contributed by atoms with Gasteiger partial charge in [-0.3, -0.25) is 4.31 Å². The molecule has 2 rings (SSSR count). The molecule has 0 aliphatic heterocycles. The Morgan fingerprint density at radius 3 is 2.42 bits per heavy atom. The first-order chi connectivity index (χ1) is 8.91. The van der Waals surface area contributed by atoms with Gasteiger partial charge in [0.25, 0.3) is 0 Å². The zero-order valence-corrected chi connectivity index (χ0v) is 11.4. The van der Waals surface area contributed by atoms with Gasteiger partial charge in [0.2, 0.25) is 21.7 Å². The molecule has 19 heavy (non-hydrogen) atoms. The lowest BCUT2D eigenvalue weighted by atomic mass is 10.2. The summed E-state index contributed by atoms with van der Waals surface area (Å²) < 4.78 is 28.9. The smallest absolute Gasteiger partial charge is 0.240 e. The predicted octanol–water partition coefficient (Wildman–Crippen LogP) is 0.591. The Morgan fingerprint density at radius 2 is 1.95 bits per heavy atom. The zero-order valence-electron chi connectivity index (χ0n) is 10.6. The van der Waals surface area contributed by atoms with E-state index in [1.165, 1.54) is 11.4 Å². The number of benzene rings is 1. The summed E-state index contributed by atoms with van der Waals surface area (Å²) in [6.45, 7) is 0.182. The summed E-state index contributed by atoms with van der Waals surface area (Å²) in [6, 6.07) is 6.80. The fraction of sp³-hybridized carbons (Fsp3) is 0.273. The van der Waals surface area contributed by atoms with Crippen molar-refractivity contribution in [3.05, 3.63) is 30.2 Å². The third kappa shape index (κ3) is 2.91. The fourth-order valence-electron chi connectivity index (χ4n) is 1.47. The molecular weight excluding hydrogens is 268 g/mol. The van der Waals surface area contributed by atoms with Gasteiger partial charge in [-0.15, -0.1) is 0 Å². The summed E-state index contributed by atoms with van der Waals surface area (Å²) in [6.07, 6.45) is 1.15. The molecule has 1 heterocycles. The van der Waals surface area contributed by atoms with Gasteiger partial charge >= 0.3 is 0 Å². The van der Waals surface area contributed by atoms with Gasteiger partial charge in [-0.25, -0.2) is 8.42 Å². The van der Waals surface area contributed by atoms with E-state index in [1.807, 2.05) is 0 Å². The molecular formula is C11H14N4O3S. The molecule has 0 aliphatic carbocycles. The van der Waals surface area contributed by atoms with Crippen LogP contribution in [0.1, 0.15) is 5.89 Å². The monoisotopic (exact) mass is 282 g/mol. The predicted molar refractivity (Wildman–Crippen MR) is 70.9 cm³/mol. The summed E-state index contributed by atoms with van der Waals surface area (Å²) in [7, 11) is -1.77. The van der Waals surface area contributed by atoms with Crippen molar-refractivity contribution >= 4 is 15.7 Å². The average molecular weight is 282 g/mol. The second-order valence-electron chi connectivity index (χ2n) is 3.99. The molecule has 0 saturated carbocycles. The summed E-state index contributed by atoms with van der Waals surface area (Å²) >= 11 is 0. The first-order valence-corrected chi connectivity index (χ1v) is 7.33. The number of hydrogen-bond donors (Lipinski definition) is 1. The van der Waals surface area contributed by atoms with Gasteiger partial charge in [0.1, 0.15) is 0 Å². The van der Waals surface area contributed by atoms with Crippen molar-refractivity contribution < 1.29 is 12.9 Å². The Labute approximate surface area is 111 Å². The molecule has 0 spiro atoms. The molecule has 0 radical (unpaired) electrons.